The summed E-state index contributed by atoms with van der Waals surface area (Å²) in [7, 11) is 0. The molecule has 3 nitrogen and oxygen atoms in total. The highest BCUT2D eigenvalue weighted by molar-refractivity contribution is 5.62. The second kappa shape index (κ2) is 5.73. The lowest BCUT2D eigenvalue weighted by Gasteiger charge is -2.14. The number of nitrogens with two attached hydrogens (primary N) is 1. The molecule has 1 aliphatic rings. The fourth-order valence-corrected chi connectivity index (χ4v) is 2.02. The highest BCUT2D eigenvalue weighted by atomic mass is 16.5. The molecule has 0 saturated heterocycles. The summed E-state index contributed by atoms with van der Waals surface area (Å²) in [6.07, 6.45) is 5.87. The molecule has 2 N–H and O–H groups in total. The maximum atomic E-state index is 5.80. The van der Waals surface area contributed by atoms with Crippen molar-refractivity contribution in [3.63, 3.8) is 0 Å². The van der Waals surface area contributed by atoms with Gasteiger partial charge in [0.2, 0.25) is 0 Å². The summed E-state index contributed by atoms with van der Waals surface area (Å²) >= 11 is 0. The fourth-order valence-electron chi connectivity index (χ4n) is 2.02. The summed E-state index contributed by atoms with van der Waals surface area (Å²) in [6.45, 7) is 4.14. The lowest BCUT2D eigenvalue weighted by atomic mass is 10.0. The molecule has 0 saturated carbocycles. The van der Waals surface area contributed by atoms with Gasteiger partial charge in [0.05, 0.1) is 13.2 Å². The molecule has 0 radical (unpaired) electrons. The van der Waals surface area contributed by atoms with E-state index in [0.717, 1.165) is 37.6 Å². The highest BCUT2D eigenvalue weighted by Gasteiger charge is 2.15. The van der Waals surface area contributed by atoms with Gasteiger partial charge < -0.3 is 15.2 Å². The zero-order chi connectivity index (χ0) is 12.1. The Balaban J connectivity index is 2.42. The Labute approximate surface area is 102 Å². The standard InChI is InChI=1S/C14H19NO2/c1-2-12-11(5-3-8-15)6-7-13-14(12)17-10-4-9-16-13/h3,5-7H,2,4,8-10,15H2,1H3/b5-3+. The molecule has 0 aromatic heterocycles. The van der Waals surface area contributed by atoms with E-state index in [1.165, 1.54) is 11.1 Å². The van der Waals surface area contributed by atoms with Gasteiger partial charge in [-0.3, -0.25) is 0 Å². The van der Waals surface area contributed by atoms with Gasteiger partial charge in [0.25, 0.3) is 0 Å². The Kier molecular flexibility index (Phi) is 4.04. The van der Waals surface area contributed by atoms with Gasteiger partial charge in [0, 0.05) is 18.5 Å². The second-order valence-electron chi connectivity index (χ2n) is 4.00. The van der Waals surface area contributed by atoms with Crippen LogP contribution in [0.25, 0.3) is 6.08 Å². The monoisotopic (exact) mass is 233 g/mol. The van der Waals surface area contributed by atoms with E-state index in [1.54, 1.807) is 0 Å². The lowest BCUT2D eigenvalue weighted by Crippen LogP contribution is -1.99. The molecule has 0 fully saturated rings. The van der Waals surface area contributed by atoms with E-state index >= 15 is 0 Å². The summed E-state index contributed by atoms with van der Waals surface area (Å²) in [4.78, 5) is 0. The highest BCUT2D eigenvalue weighted by Crippen LogP contribution is 2.36. The van der Waals surface area contributed by atoms with E-state index in [0.29, 0.717) is 6.54 Å². The van der Waals surface area contributed by atoms with Crippen molar-refractivity contribution in [3.05, 3.63) is 29.3 Å². The third-order valence-electron chi connectivity index (χ3n) is 2.84. The smallest absolute Gasteiger partial charge is 0.164 e. The van der Waals surface area contributed by atoms with Gasteiger partial charge in [-0.25, -0.2) is 0 Å². The van der Waals surface area contributed by atoms with Crippen molar-refractivity contribution in [1.82, 2.24) is 0 Å². The molecule has 0 bridgehead atoms. The van der Waals surface area contributed by atoms with E-state index in [1.807, 2.05) is 18.2 Å². The van der Waals surface area contributed by atoms with Crippen LogP contribution < -0.4 is 15.2 Å². The predicted molar refractivity (Wildman–Crippen MR) is 69.5 cm³/mol. The topological polar surface area (TPSA) is 44.5 Å². The first-order chi connectivity index (χ1) is 8.36. The molecule has 92 valence electrons. The predicted octanol–water partition coefficient (Wildman–Crippen LogP) is 2.38. The Bertz CT molecular complexity index is 413. The molecule has 1 aromatic rings. The SMILES string of the molecule is CCc1c(/C=C/CN)ccc2c1OCCCO2. The molecular formula is C14H19NO2. The molecule has 0 unspecified atom stereocenters. The van der Waals surface area contributed by atoms with Crippen molar-refractivity contribution in [2.75, 3.05) is 19.8 Å². The van der Waals surface area contributed by atoms with E-state index < -0.39 is 0 Å². The van der Waals surface area contributed by atoms with E-state index in [-0.39, 0.29) is 0 Å². The molecule has 0 spiro atoms. The van der Waals surface area contributed by atoms with Crippen molar-refractivity contribution in [3.8, 4) is 11.5 Å². The van der Waals surface area contributed by atoms with E-state index in [4.69, 9.17) is 15.2 Å². The lowest BCUT2D eigenvalue weighted by molar-refractivity contribution is 0.296. The molecule has 3 heteroatoms. The number of fused-ring (bicyclic) bond motifs is 1. The Hall–Kier alpha value is -1.48. The van der Waals surface area contributed by atoms with Crippen LogP contribution in [0.1, 0.15) is 24.5 Å². The van der Waals surface area contributed by atoms with Gasteiger partial charge in [0.15, 0.2) is 11.5 Å². The van der Waals surface area contributed by atoms with Gasteiger partial charge >= 0.3 is 0 Å². The van der Waals surface area contributed by atoms with E-state index in [9.17, 15) is 0 Å². The zero-order valence-corrected chi connectivity index (χ0v) is 10.2. The molecule has 1 heterocycles. The Morgan fingerprint density at radius 1 is 1.29 bits per heavy atom. The van der Waals surface area contributed by atoms with Crippen molar-refractivity contribution >= 4 is 6.08 Å². The van der Waals surface area contributed by atoms with Crippen LogP contribution in [-0.2, 0) is 6.42 Å². The average Bonchev–Trinajstić information content (AvgIpc) is 2.60. The molecular weight excluding hydrogens is 214 g/mol. The van der Waals surface area contributed by atoms with Gasteiger partial charge in [-0.1, -0.05) is 25.1 Å². The summed E-state index contributed by atoms with van der Waals surface area (Å²) in [5.41, 5.74) is 7.86. The minimum atomic E-state index is 0.553. The van der Waals surface area contributed by atoms with Crippen LogP contribution in [-0.4, -0.2) is 19.8 Å². The van der Waals surface area contributed by atoms with Crippen molar-refractivity contribution < 1.29 is 9.47 Å². The Morgan fingerprint density at radius 2 is 2.12 bits per heavy atom. The van der Waals surface area contributed by atoms with Gasteiger partial charge in [-0.2, -0.15) is 0 Å². The van der Waals surface area contributed by atoms with E-state index in [2.05, 4.69) is 13.0 Å². The maximum Gasteiger partial charge on any atom is 0.164 e. The molecule has 0 amide bonds. The maximum absolute atomic E-state index is 5.80. The number of hydrogen-bond donors (Lipinski definition) is 1. The average molecular weight is 233 g/mol. The number of ether oxygens (including phenoxy) is 2. The van der Waals surface area contributed by atoms with Gasteiger partial charge in [0.1, 0.15) is 0 Å². The molecule has 0 atom stereocenters. The van der Waals surface area contributed by atoms with Crippen LogP contribution >= 0.6 is 0 Å². The number of rotatable bonds is 3. The summed E-state index contributed by atoms with van der Waals surface area (Å²) < 4.78 is 11.5. The third-order valence-corrected chi connectivity index (χ3v) is 2.84. The minimum Gasteiger partial charge on any atom is -0.490 e. The molecule has 17 heavy (non-hydrogen) atoms. The summed E-state index contributed by atoms with van der Waals surface area (Å²) in [6, 6.07) is 4.05. The van der Waals surface area contributed by atoms with Crippen LogP contribution in [0.5, 0.6) is 11.5 Å². The zero-order valence-electron chi connectivity index (χ0n) is 10.2. The minimum absolute atomic E-state index is 0.553. The normalized spacial score (nSPS) is 14.9. The first kappa shape index (κ1) is 12.0. The molecule has 2 rings (SSSR count). The third kappa shape index (κ3) is 2.61. The van der Waals surface area contributed by atoms with Crippen molar-refractivity contribution in [2.45, 2.75) is 19.8 Å². The van der Waals surface area contributed by atoms with Crippen LogP contribution in [0.4, 0.5) is 0 Å². The first-order valence-corrected chi connectivity index (χ1v) is 6.15. The second-order valence-corrected chi connectivity index (χ2v) is 4.00. The summed E-state index contributed by atoms with van der Waals surface area (Å²) in [5.74, 6) is 1.77. The van der Waals surface area contributed by atoms with Gasteiger partial charge in [-0.05, 0) is 18.1 Å². The van der Waals surface area contributed by atoms with Gasteiger partial charge in [-0.15, -0.1) is 0 Å². The van der Waals surface area contributed by atoms with Crippen molar-refractivity contribution in [1.29, 1.82) is 0 Å². The molecule has 1 aromatic carbocycles. The Morgan fingerprint density at radius 3 is 2.88 bits per heavy atom. The molecule has 0 aliphatic carbocycles. The number of hydrogen-bond acceptors (Lipinski definition) is 3. The van der Waals surface area contributed by atoms with Crippen LogP contribution in [0, 0.1) is 0 Å². The number of benzene rings is 1. The van der Waals surface area contributed by atoms with Crippen LogP contribution in [0.3, 0.4) is 0 Å². The van der Waals surface area contributed by atoms with Crippen molar-refractivity contribution in [2.24, 2.45) is 5.73 Å². The fraction of sp³-hybridized carbons (Fsp3) is 0.429. The quantitative estimate of drug-likeness (QED) is 0.871. The van der Waals surface area contributed by atoms with Crippen LogP contribution in [0.2, 0.25) is 0 Å². The largest absolute Gasteiger partial charge is 0.490 e. The molecule has 1 aliphatic heterocycles. The summed E-state index contributed by atoms with van der Waals surface area (Å²) in [5, 5.41) is 0. The first-order valence-electron chi connectivity index (χ1n) is 6.15. The van der Waals surface area contributed by atoms with Crippen LogP contribution in [0.15, 0.2) is 18.2 Å².